The van der Waals surface area contributed by atoms with Gasteiger partial charge >= 0.3 is 0 Å². The molecule has 0 bridgehead atoms. The van der Waals surface area contributed by atoms with Gasteiger partial charge in [0.15, 0.2) is 0 Å². The number of carbonyl (C=O) groups is 2. The summed E-state index contributed by atoms with van der Waals surface area (Å²) in [5, 5.41) is 2.94. The van der Waals surface area contributed by atoms with Crippen LogP contribution in [0.4, 0.5) is 0 Å². The highest BCUT2D eigenvalue weighted by atomic mass is 35.5. The first-order valence-corrected chi connectivity index (χ1v) is 7.36. The third-order valence-electron chi connectivity index (χ3n) is 4.14. The van der Waals surface area contributed by atoms with Crippen molar-refractivity contribution in [2.75, 3.05) is 13.1 Å². The van der Waals surface area contributed by atoms with Crippen LogP contribution in [0.3, 0.4) is 0 Å². The van der Waals surface area contributed by atoms with Crippen LogP contribution < -0.4 is 16.8 Å². The second-order valence-electron chi connectivity index (χ2n) is 5.26. The third-order valence-corrected chi connectivity index (χ3v) is 4.14. The molecule has 1 aromatic rings. The van der Waals surface area contributed by atoms with Gasteiger partial charge in [-0.2, -0.15) is 0 Å². The number of nitrogens with two attached hydrogens (primary N) is 2. The van der Waals surface area contributed by atoms with Crippen molar-refractivity contribution in [2.45, 2.75) is 33.1 Å². The van der Waals surface area contributed by atoms with Gasteiger partial charge in [0.05, 0.1) is 5.41 Å². The van der Waals surface area contributed by atoms with E-state index in [0.29, 0.717) is 25.1 Å². The predicted molar refractivity (Wildman–Crippen MR) is 91.0 cm³/mol. The fraction of sp³-hybridized carbons (Fsp3) is 0.500. The Morgan fingerprint density at radius 2 is 1.86 bits per heavy atom. The van der Waals surface area contributed by atoms with E-state index in [9.17, 15) is 9.59 Å². The van der Waals surface area contributed by atoms with Crippen molar-refractivity contribution in [2.24, 2.45) is 16.9 Å². The Bertz CT molecular complexity index is 494. The summed E-state index contributed by atoms with van der Waals surface area (Å²) in [5.41, 5.74) is 12.0. The minimum Gasteiger partial charge on any atom is -0.366 e. The maximum absolute atomic E-state index is 12.3. The summed E-state index contributed by atoms with van der Waals surface area (Å²) in [6.45, 7) is 4.82. The maximum Gasteiger partial charge on any atom is 0.248 e. The van der Waals surface area contributed by atoms with Gasteiger partial charge in [-0.25, -0.2) is 0 Å². The second kappa shape index (κ2) is 9.43. The molecule has 0 aliphatic carbocycles. The van der Waals surface area contributed by atoms with Gasteiger partial charge in [-0.1, -0.05) is 26.0 Å². The van der Waals surface area contributed by atoms with Crippen LogP contribution in [-0.2, 0) is 11.2 Å². The van der Waals surface area contributed by atoms with Crippen molar-refractivity contribution in [3.8, 4) is 0 Å². The van der Waals surface area contributed by atoms with E-state index in [4.69, 9.17) is 11.5 Å². The topological polar surface area (TPSA) is 98.2 Å². The average Bonchev–Trinajstić information content (AvgIpc) is 2.50. The molecular weight excluding hydrogens is 302 g/mol. The van der Waals surface area contributed by atoms with Gasteiger partial charge < -0.3 is 16.8 Å². The van der Waals surface area contributed by atoms with E-state index < -0.39 is 11.3 Å². The van der Waals surface area contributed by atoms with Crippen LogP contribution in [0.15, 0.2) is 24.3 Å². The van der Waals surface area contributed by atoms with Gasteiger partial charge in [0.2, 0.25) is 11.8 Å². The molecule has 0 aromatic heterocycles. The van der Waals surface area contributed by atoms with Crippen molar-refractivity contribution in [1.82, 2.24) is 5.32 Å². The van der Waals surface area contributed by atoms with Crippen molar-refractivity contribution in [1.29, 1.82) is 0 Å². The van der Waals surface area contributed by atoms with Gasteiger partial charge in [0.25, 0.3) is 0 Å². The summed E-state index contributed by atoms with van der Waals surface area (Å²) < 4.78 is 0. The molecule has 0 saturated heterocycles. The number of carbonyl (C=O) groups excluding carboxylic acids is 2. The molecule has 124 valence electrons. The summed E-state index contributed by atoms with van der Waals surface area (Å²) in [6.07, 6.45) is 2.10. The standard InChI is InChI=1S/C16H25N3O2.ClH/c1-3-16(4-2,11-17)15(21)19-9-8-12-6-5-7-13(10-12)14(18)20;/h5-7,10H,3-4,8-9,11,17H2,1-2H3,(H2,18,20)(H,19,21);1H. The largest absolute Gasteiger partial charge is 0.366 e. The highest BCUT2D eigenvalue weighted by molar-refractivity contribution is 5.92. The van der Waals surface area contributed by atoms with Crippen LogP contribution in [0.1, 0.15) is 42.6 Å². The number of hydrogen-bond donors (Lipinski definition) is 3. The van der Waals surface area contributed by atoms with E-state index in [1.54, 1.807) is 18.2 Å². The van der Waals surface area contributed by atoms with Crippen molar-refractivity contribution >= 4 is 24.2 Å². The molecule has 0 aliphatic heterocycles. The van der Waals surface area contributed by atoms with Crippen molar-refractivity contribution in [3.05, 3.63) is 35.4 Å². The Hall–Kier alpha value is -1.59. The molecule has 5 nitrogen and oxygen atoms in total. The molecule has 0 heterocycles. The zero-order chi connectivity index (χ0) is 15.9. The van der Waals surface area contributed by atoms with E-state index in [0.717, 1.165) is 18.4 Å². The molecule has 0 spiro atoms. The van der Waals surface area contributed by atoms with Gasteiger partial charge in [-0.15, -0.1) is 12.4 Å². The summed E-state index contributed by atoms with van der Waals surface area (Å²) in [7, 11) is 0. The first-order chi connectivity index (χ1) is 9.99. The van der Waals surface area contributed by atoms with Crippen molar-refractivity contribution in [3.63, 3.8) is 0 Å². The van der Waals surface area contributed by atoms with Crippen LogP contribution in [0.2, 0.25) is 0 Å². The smallest absolute Gasteiger partial charge is 0.248 e. The van der Waals surface area contributed by atoms with Gasteiger partial charge in [-0.05, 0) is 37.0 Å². The maximum atomic E-state index is 12.3. The molecule has 0 unspecified atom stereocenters. The third kappa shape index (κ3) is 5.00. The second-order valence-corrected chi connectivity index (χ2v) is 5.26. The minimum absolute atomic E-state index is 0. The molecule has 22 heavy (non-hydrogen) atoms. The number of hydrogen-bond acceptors (Lipinski definition) is 3. The van der Waals surface area contributed by atoms with Gasteiger partial charge in [0.1, 0.15) is 0 Å². The Kier molecular flexibility index (Phi) is 8.75. The Morgan fingerprint density at radius 3 is 2.36 bits per heavy atom. The molecule has 0 saturated carbocycles. The van der Waals surface area contributed by atoms with Crippen molar-refractivity contribution < 1.29 is 9.59 Å². The highest BCUT2D eigenvalue weighted by Crippen LogP contribution is 2.24. The number of primary amides is 1. The van der Waals surface area contributed by atoms with Crippen LogP contribution in [0.5, 0.6) is 0 Å². The van der Waals surface area contributed by atoms with Crippen LogP contribution in [0, 0.1) is 5.41 Å². The van der Waals surface area contributed by atoms with E-state index in [1.807, 2.05) is 19.9 Å². The van der Waals surface area contributed by atoms with E-state index >= 15 is 0 Å². The molecule has 0 atom stereocenters. The number of halogens is 1. The molecule has 6 heteroatoms. The fourth-order valence-electron chi connectivity index (χ4n) is 2.34. The molecule has 0 radical (unpaired) electrons. The fourth-order valence-corrected chi connectivity index (χ4v) is 2.34. The van der Waals surface area contributed by atoms with Gasteiger partial charge in [-0.3, -0.25) is 9.59 Å². The lowest BCUT2D eigenvalue weighted by Crippen LogP contribution is -2.45. The molecule has 2 amide bonds. The van der Waals surface area contributed by atoms with E-state index in [2.05, 4.69) is 5.32 Å². The lowest BCUT2D eigenvalue weighted by atomic mass is 9.81. The first-order valence-electron chi connectivity index (χ1n) is 7.36. The summed E-state index contributed by atoms with van der Waals surface area (Å²) in [6, 6.07) is 7.14. The zero-order valence-electron chi connectivity index (χ0n) is 13.2. The summed E-state index contributed by atoms with van der Waals surface area (Å²) in [5.74, 6) is -0.443. The first kappa shape index (κ1) is 20.4. The Balaban J connectivity index is 0.00000441. The molecule has 1 rings (SSSR count). The Morgan fingerprint density at radius 1 is 1.23 bits per heavy atom. The lowest BCUT2D eigenvalue weighted by molar-refractivity contribution is -0.131. The normalized spacial score (nSPS) is 10.7. The number of amides is 2. The Labute approximate surface area is 138 Å². The molecule has 5 N–H and O–H groups in total. The monoisotopic (exact) mass is 327 g/mol. The summed E-state index contributed by atoms with van der Waals surface area (Å²) >= 11 is 0. The zero-order valence-corrected chi connectivity index (χ0v) is 14.0. The summed E-state index contributed by atoms with van der Waals surface area (Å²) in [4.78, 5) is 23.4. The molecule has 0 aliphatic rings. The van der Waals surface area contributed by atoms with Crippen LogP contribution in [-0.4, -0.2) is 24.9 Å². The number of benzene rings is 1. The van der Waals surface area contributed by atoms with E-state index in [1.165, 1.54) is 0 Å². The number of rotatable bonds is 8. The van der Waals surface area contributed by atoms with Gasteiger partial charge in [0, 0.05) is 18.7 Å². The molecule has 1 aromatic carbocycles. The SMILES string of the molecule is CCC(CC)(CN)C(=O)NCCc1cccc(C(N)=O)c1.Cl. The lowest BCUT2D eigenvalue weighted by Gasteiger charge is -2.28. The van der Waals surface area contributed by atoms with Crippen LogP contribution >= 0.6 is 12.4 Å². The minimum atomic E-state index is -0.477. The average molecular weight is 328 g/mol. The molecular formula is C16H26ClN3O2. The number of nitrogens with one attached hydrogen (secondary N) is 1. The van der Waals surface area contributed by atoms with Crippen LogP contribution in [0.25, 0.3) is 0 Å². The highest BCUT2D eigenvalue weighted by Gasteiger charge is 2.32. The van der Waals surface area contributed by atoms with E-state index in [-0.39, 0.29) is 18.3 Å². The quantitative estimate of drug-likeness (QED) is 0.676. The predicted octanol–water partition coefficient (Wildman–Crippen LogP) is 1.63. The molecule has 0 fully saturated rings.